The second-order valence-corrected chi connectivity index (χ2v) is 15.2. The zero-order chi connectivity index (χ0) is 27.3. The maximum Gasteiger partial charge on any atom is 0.311 e. The molecule has 0 radical (unpaired) electrons. The van der Waals surface area contributed by atoms with Crippen molar-refractivity contribution in [3.63, 3.8) is 0 Å². The first-order chi connectivity index (χ1) is 17.1. The van der Waals surface area contributed by atoms with Gasteiger partial charge in [-0.3, -0.25) is 14.4 Å². The quantitative estimate of drug-likeness (QED) is 0.449. The lowest BCUT2D eigenvalue weighted by Gasteiger charge is -2.70. The summed E-state index contributed by atoms with van der Waals surface area (Å²) in [6, 6.07) is -0.412. The average Bonchev–Trinajstić information content (AvgIpc) is 2.79. The van der Waals surface area contributed by atoms with Crippen molar-refractivity contribution >= 4 is 17.7 Å². The molecular weight excluding hydrogens is 462 g/mol. The van der Waals surface area contributed by atoms with Crippen molar-refractivity contribution in [2.45, 2.75) is 113 Å². The van der Waals surface area contributed by atoms with Crippen LogP contribution in [0.25, 0.3) is 0 Å². The Morgan fingerprint density at radius 1 is 0.946 bits per heavy atom. The molecule has 5 rings (SSSR count). The molecule has 0 heterocycles. The number of hydrogen-bond acceptors (Lipinski definition) is 3. The summed E-state index contributed by atoms with van der Waals surface area (Å²) in [5, 5.41) is 13.5. The van der Waals surface area contributed by atoms with Crippen LogP contribution in [0.15, 0.2) is 11.6 Å². The monoisotopic (exact) mass is 511 g/mol. The van der Waals surface area contributed by atoms with E-state index in [1.54, 1.807) is 0 Å². The molecule has 5 aliphatic rings. The Labute approximate surface area is 223 Å². The Bertz CT molecular complexity index is 1070. The molecule has 5 aliphatic carbocycles. The van der Waals surface area contributed by atoms with Gasteiger partial charge in [0, 0.05) is 18.9 Å². The molecule has 0 unspecified atom stereocenters. The highest BCUT2D eigenvalue weighted by Gasteiger charge is 2.71. The molecule has 0 spiro atoms. The molecule has 0 bridgehead atoms. The number of rotatable bonds is 2. The highest BCUT2D eigenvalue weighted by atomic mass is 16.4. The lowest BCUT2D eigenvalue weighted by molar-refractivity contribution is -0.202. The third-order valence-corrected chi connectivity index (χ3v) is 13.7. The molecule has 37 heavy (non-hydrogen) atoms. The Morgan fingerprint density at radius 3 is 2.24 bits per heavy atom. The third kappa shape index (κ3) is 3.30. The zero-order valence-electron chi connectivity index (χ0n) is 24.4. The highest BCUT2D eigenvalue weighted by molar-refractivity contribution is 5.96. The van der Waals surface area contributed by atoms with E-state index in [1.807, 2.05) is 6.92 Å². The largest absolute Gasteiger partial charge is 0.481 e. The van der Waals surface area contributed by atoms with Crippen LogP contribution in [-0.4, -0.2) is 28.8 Å². The van der Waals surface area contributed by atoms with Crippen molar-refractivity contribution in [3.05, 3.63) is 11.6 Å². The van der Waals surface area contributed by atoms with Gasteiger partial charge in [-0.05, 0) is 110 Å². The van der Waals surface area contributed by atoms with Gasteiger partial charge in [0.05, 0.1) is 5.41 Å². The fraction of sp³-hybridized carbons (Fsp3) is 0.844. The molecule has 5 heteroatoms. The first-order valence-corrected chi connectivity index (χ1v) is 14.8. The number of carbonyl (C=O) groups is 3. The summed E-state index contributed by atoms with van der Waals surface area (Å²) in [5.41, 5.74) is -0.0725. The molecule has 5 nitrogen and oxygen atoms in total. The lowest BCUT2D eigenvalue weighted by Crippen LogP contribution is -2.69. The highest BCUT2D eigenvalue weighted by Crippen LogP contribution is 2.75. The molecule has 0 aromatic heterocycles. The van der Waals surface area contributed by atoms with E-state index in [2.05, 4.69) is 52.9 Å². The summed E-state index contributed by atoms with van der Waals surface area (Å²) in [6.45, 7) is 17.6. The number of carboxylic acids is 1. The van der Waals surface area contributed by atoms with Gasteiger partial charge in [-0.25, -0.2) is 0 Å². The van der Waals surface area contributed by atoms with Crippen LogP contribution in [0.1, 0.15) is 107 Å². The normalized spacial score (nSPS) is 53.1. The van der Waals surface area contributed by atoms with Crippen LogP contribution in [0.3, 0.4) is 0 Å². The van der Waals surface area contributed by atoms with Crippen molar-refractivity contribution in [1.82, 2.24) is 5.32 Å². The van der Waals surface area contributed by atoms with Crippen molar-refractivity contribution in [2.75, 3.05) is 0 Å². The Balaban J connectivity index is 1.62. The number of hydrogen-bond donors (Lipinski definition) is 2. The molecule has 2 N–H and O–H groups in total. The minimum atomic E-state index is -1.09. The van der Waals surface area contributed by atoms with Gasteiger partial charge >= 0.3 is 5.97 Å². The number of carbonyl (C=O) groups excluding carboxylic acids is 2. The molecule has 206 valence electrons. The predicted molar refractivity (Wildman–Crippen MR) is 145 cm³/mol. The molecule has 0 aliphatic heterocycles. The van der Waals surface area contributed by atoms with Gasteiger partial charge in [0.2, 0.25) is 5.91 Å². The first kappa shape index (κ1) is 26.9. The molecule has 0 aromatic carbocycles. The van der Waals surface area contributed by atoms with Crippen LogP contribution in [0.4, 0.5) is 0 Å². The van der Waals surface area contributed by atoms with E-state index in [4.69, 9.17) is 0 Å². The minimum Gasteiger partial charge on any atom is -0.481 e. The summed E-state index contributed by atoms with van der Waals surface area (Å²) in [7, 11) is 0. The second-order valence-electron chi connectivity index (χ2n) is 15.2. The fourth-order valence-electron chi connectivity index (χ4n) is 11.1. The van der Waals surface area contributed by atoms with Gasteiger partial charge in [0.25, 0.3) is 0 Å². The second kappa shape index (κ2) is 8.18. The van der Waals surface area contributed by atoms with Gasteiger partial charge in [-0.15, -0.1) is 0 Å². The van der Waals surface area contributed by atoms with Crippen LogP contribution < -0.4 is 5.32 Å². The van der Waals surface area contributed by atoms with Crippen molar-refractivity contribution in [1.29, 1.82) is 0 Å². The van der Waals surface area contributed by atoms with E-state index in [1.165, 1.54) is 31.8 Å². The lowest BCUT2D eigenvalue weighted by atomic mass is 9.33. The predicted octanol–water partition coefficient (Wildman–Crippen LogP) is 6.41. The number of aliphatic carboxylic acids is 1. The maximum absolute atomic E-state index is 14.4. The number of allylic oxidation sites excluding steroid dienone is 2. The molecule has 0 saturated heterocycles. The zero-order valence-corrected chi connectivity index (χ0v) is 24.4. The van der Waals surface area contributed by atoms with Gasteiger partial charge in [0.15, 0.2) is 5.78 Å². The van der Waals surface area contributed by atoms with Crippen molar-refractivity contribution in [3.8, 4) is 0 Å². The van der Waals surface area contributed by atoms with Gasteiger partial charge in [0.1, 0.15) is 0 Å². The van der Waals surface area contributed by atoms with E-state index in [0.29, 0.717) is 24.2 Å². The molecule has 11 atom stereocenters. The third-order valence-electron chi connectivity index (χ3n) is 13.7. The molecular formula is C32H49NO4. The van der Waals surface area contributed by atoms with Crippen LogP contribution in [0.2, 0.25) is 0 Å². The molecule has 4 saturated carbocycles. The van der Waals surface area contributed by atoms with Crippen molar-refractivity contribution in [2.24, 2.45) is 56.7 Å². The van der Waals surface area contributed by atoms with E-state index < -0.39 is 22.8 Å². The minimum absolute atomic E-state index is 0.0524. The van der Waals surface area contributed by atoms with Crippen LogP contribution >= 0.6 is 0 Å². The summed E-state index contributed by atoms with van der Waals surface area (Å²) in [4.78, 5) is 39.3. The maximum atomic E-state index is 14.4. The SMILES string of the molecule is CC(=O)N[C@H]1CC[C@@]2(C)[C@@H](CC[C@]3(C)[C@@H]2C(=O)C=C2[C@@H]4[C@@H](C)[C@H](C)CC[C@]4(C)CC[C@]23C)[C@@]1(C)C(=O)O. The van der Waals surface area contributed by atoms with E-state index >= 15 is 0 Å². The number of carboxylic acid groups (broad SMARTS) is 1. The Hall–Kier alpha value is -1.65. The number of ketones is 1. The topological polar surface area (TPSA) is 83.5 Å². The fourth-order valence-corrected chi connectivity index (χ4v) is 11.1. The Morgan fingerprint density at radius 2 is 1.62 bits per heavy atom. The van der Waals surface area contributed by atoms with Gasteiger partial charge < -0.3 is 10.4 Å². The summed E-state index contributed by atoms with van der Waals surface area (Å²) in [6.07, 6.45) is 9.92. The molecule has 0 aromatic rings. The first-order valence-electron chi connectivity index (χ1n) is 14.8. The molecule has 1 amide bonds. The number of fused-ring (bicyclic) bond motifs is 7. The smallest absolute Gasteiger partial charge is 0.311 e. The number of nitrogens with one attached hydrogen (secondary N) is 1. The average molecular weight is 512 g/mol. The van der Waals surface area contributed by atoms with Crippen LogP contribution in [-0.2, 0) is 14.4 Å². The summed E-state index contributed by atoms with van der Waals surface area (Å²) in [5.74, 6) is 0.524. The Kier molecular flexibility index (Phi) is 5.95. The van der Waals surface area contributed by atoms with E-state index in [0.717, 1.165) is 25.7 Å². The van der Waals surface area contributed by atoms with Gasteiger partial charge in [-0.2, -0.15) is 0 Å². The van der Waals surface area contributed by atoms with Gasteiger partial charge in [-0.1, -0.05) is 47.1 Å². The van der Waals surface area contributed by atoms with Crippen LogP contribution in [0.5, 0.6) is 0 Å². The number of amides is 1. The summed E-state index contributed by atoms with van der Waals surface area (Å²) < 4.78 is 0. The van der Waals surface area contributed by atoms with Crippen molar-refractivity contribution < 1.29 is 19.5 Å². The van der Waals surface area contributed by atoms with Crippen LogP contribution in [0, 0.1) is 56.7 Å². The summed E-state index contributed by atoms with van der Waals surface area (Å²) >= 11 is 0. The standard InChI is InChI=1S/C32H49NO4/c1-18-9-12-28(4)15-16-30(6)21(25(28)19(18)2)17-22(35)26-29(5)13-11-24(33-20(3)34)32(8,27(36)37)23(29)10-14-31(26,30)7/h17-19,23-26H,9-16H2,1-8H3,(H,33,34)(H,36,37)/t18-,19+,23-,24+,25+,26-,28-,29+,30-,31-,32-/m1/s1. The van der Waals surface area contributed by atoms with E-state index in [9.17, 15) is 19.5 Å². The van der Waals surface area contributed by atoms with E-state index in [-0.39, 0.29) is 39.8 Å². The molecule has 4 fully saturated rings.